The largest absolute Gasteiger partial charge is 0.334 e. The molecule has 3 rings (SSSR count). The summed E-state index contributed by atoms with van der Waals surface area (Å²) in [6.07, 6.45) is 1.61. The van der Waals surface area contributed by atoms with E-state index in [2.05, 4.69) is 27.5 Å². The lowest BCUT2D eigenvalue weighted by molar-refractivity contribution is -0.116. The van der Waals surface area contributed by atoms with E-state index in [1.54, 1.807) is 54.6 Å². The molecule has 0 radical (unpaired) electrons. The number of fused-ring (bicyclic) bond motifs is 1. The number of aryl methyl sites for hydroxylation is 1. The van der Waals surface area contributed by atoms with Gasteiger partial charge < -0.3 is 16.0 Å². The lowest BCUT2D eigenvalue weighted by Gasteiger charge is -2.10. The number of amides is 3. The van der Waals surface area contributed by atoms with E-state index in [4.69, 9.17) is 0 Å². The standard InChI is InChI=1S/C21H21N5O4/c1-2-12-22-20(29)24-15-9-7-14(8-10-15)23-18(27)11-13-26-17-6-4-3-5-16(17)19(28)25-21(26)30/h2-10H,1,11-13H2,(H,23,27)(H2,22,24,29)(H,25,28,30). The number of carbonyl (C=O) groups excluding carboxylic acids is 2. The number of urea groups is 1. The predicted octanol–water partition coefficient (Wildman–Crippen LogP) is 2.03. The molecule has 3 amide bonds. The highest BCUT2D eigenvalue weighted by Crippen LogP contribution is 2.14. The van der Waals surface area contributed by atoms with E-state index < -0.39 is 11.2 Å². The number of hydrogen-bond donors (Lipinski definition) is 4. The molecule has 0 saturated heterocycles. The molecule has 0 aliphatic rings. The molecule has 0 aliphatic heterocycles. The van der Waals surface area contributed by atoms with Gasteiger partial charge in [0.05, 0.1) is 10.9 Å². The number of anilines is 2. The van der Waals surface area contributed by atoms with Gasteiger partial charge in [0.1, 0.15) is 0 Å². The number of aromatic nitrogens is 2. The molecule has 0 saturated carbocycles. The average molecular weight is 407 g/mol. The van der Waals surface area contributed by atoms with Crippen molar-refractivity contribution in [2.75, 3.05) is 17.2 Å². The number of para-hydroxylation sites is 1. The minimum atomic E-state index is -0.559. The molecule has 0 spiro atoms. The summed E-state index contributed by atoms with van der Waals surface area (Å²) in [5, 5.41) is 8.37. The fourth-order valence-corrected chi connectivity index (χ4v) is 2.88. The molecule has 0 fully saturated rings. The topological polar surface area (TPSA) is 125 Å². The molecule has 9 nitrogen and oxygen atoms in total. The number of aromatic amines is 1. The molecule has 3 aromatic rings. The van der Waals surface area contributed by atoms with Gasteiger partial charge in [0.2, 0.25) is 5.91 Å². The van der Waals surface area contributed by atoms with Gasteiger partial charge in [-0.15, -0.1) is 6.58 Å². The Morgan fingerprint density at radius 1 is 1.00 bits per heavy atom. The van der Waals surface area contributed by atoms with Crippen LogP contribution in [0.25, 0.3) is 10.9 Å². The van der Waals surface area contributed by atoms with Gasteiger partial charge in [-0.1, -0.05) is 18.2 Å². The maximum atomic E-state index is 12.3. The summed E-state index contributed by atoms with van der Waals surface area (Å²) in [4.78, 5) is 50.2. The summed E-state index contributed by atoms with van der Waals surface area (Å²) < 4.78 is 1.37. The molecule has 2 aromatic carbocycles. The fourth-order valence-electron chi connectivity index (χ4n) is 2.88. The highest BCUT2D eigenvalue weighted by atomic mass is 16.2. The van der Waals surface area contributed by atoms with Crippen LogP contribution in [0.15, 0.2) is 70.8 Å². The Balaban J connectivity index is 1.61. The monoisotopic (exact) mass is 407 g/mol. The van der Waals surface area contributed by atoms with E-state index in [1.165, 1.54) is 4.57 Å². The van der Waals surface area contributed by atoms with Crippen molar-refractivity contribution in [3.63, 3.8) is 0 Å². The van der Waals surface area contributed by atoms with Gasteiger partial charge in [-0.3, -0.25) is 19.1 Å². The Morgan fingerprint density at radius 3 is 2.37 bits per heavy atom. The zero-order chi connectivity index (χ0) is 21.5. The fraction of sp³-hybridized carbons (Fsp3) is 0.143. The van der Waals surface area contributed by atoms with Crippen molar-refractivity contribution >= 4 is 34.2 Å². The first-order chi connectivity index (χ1) is 14.5. The van der Waals surface area contributed by atoms with Crippen LogP contribution in [0.2, 0.25) is 0 Å². The molecule has 0 aliphatic carbocycles. The van der Waals surface area contributed by atoms with Crippen LogP contribution in [0.5, 0.6) is 0 Å². The number of rotatable bonds is 7. The smallest absolute Gasteiger partial charge is 0.328 e. The molecule has 1 aromatic heterocycles. The first kappa shape index (κ1) is 20.6. The molecule has 9 heteroatoms. The van der Waals surface area contributed by atoms with Gasteiger partial charge in [-0.25, -0.2) is 9.59 Å². The van der Waals surface area contributed by atoms with E-state index in [-0.39, 0.29) is 24.9 Å². The minimum absolute atomic E-state index is 0.0416. The first-order valence-corrected chi connectivity index (χ1v) is 9.25. The van der Waals surface area contributed by atoms with Crippen LogP contribution < -0.4 is 27.2 Å². The van der Waals surface area contributed by atoms with Gasteiger partial charge >= 0.3 is 11.7 Å². The van der Waals surface area contributed by atoms with Crippen molar-refractivity contribution in [2.45, 2.75) is 13.0 Å². The highest BCUT2D eigenvalue weighted by molar-refractivity contribution is 5.92. The number of nitrogens with one attached hydrogen (secondary N) is 4. The Labute approximate surface area is 171 Å². The maximum absolute atomic E-state index is 12.3. The molecular formula is C21H21N5O4. The third kappa shape index (κ3) is 5.02. The van der Waals surface area contributed by atoms with E-state index in [0.29, 0.717) is 28.8 Å². The van der Waals surface area contributed by atoms with E-state index in [1.807, 2.05) is 0 Å². The van der Waals surface area contributed by atoms with Crippen LogP contribution in [0.1, 0.15) is 6.42 Å². The van der Waals surface area contributed by atoms with Crippen molar-refractivity contribution < 1.29 is 9.59 Å². The molecule has 0 unspecified atom stereocenters. The summed E-state index contributed by atoms with van der Waals surface area (Å²) in [6.45, 7) is 3.99. The number of benzene rings is 2. The Kier molecular flexibility index (Phi) is 6.43. The summed E-state index contributed by atoms with van der Waals surface area (Å²) in [5.41, 5.74) is 0.584. The zero-order valence-electron chi connectivity index (χ0n) is 16.1. The van der Waals surface area contributed by atoms with E-state index >= 15 is 0 Å². The summed E-state index contributed by atoms with van der Waals surface area (Å²) in [5.74, 6) is -0.290. The molecule has 154 valence electrons. The van der Waals surface area contributed by atoms with Crippen molar-refractivity contribution in [3.8, 4) is 0 Å². The van der Waals surface area contributed by atoms with Gasteiger partial charge in [0.25, 0.3) is 5.56 Å². The van der Waals surface area contributed by atoms with Crippen LogP contribution in [-0.2, 0) is 11.3 Å². The SMILES string of the molecule is C=CCNC(=O)Nc1ccc(NC(=O)CCn2c(=O)[nH]c(=O)c3ccccc32)cc1. The van der Waals surface area contributed by atoms with Gasteiger partial charge in [0, 0.05) is 30.9 Å². The number of nitrogens with zero attached hydrogens (tertiary/aromatic N) is 1. The van der Waals surface area contributed by atoms with Crippen LogP contribution in [0.3, 0.4) is 0 Å². The minimum Gasteiger partial charge on any atom is -0.334 e. The third-order valence-electron chi connectivity index (χ3n) is 4.30. The molecule has 30 heavy (non-hydrogen) atoms. The average Bonchev–Trinajstić information content (AvgIpc) is 2.73. The zero-order valence-corrected chi connectivity index (χ0v) is 16.1. The number of carbonyl (C=O) groups is 2. The molecular weight excluding hydrogens is 386 g/mol. The van der Waals surface area contributed by atoms with Gasteiger partial charge in [0.15, 0.2) is 0 Å². The quantitative estimate of drug-likeness (QED) is 0.447. The van der Waals surface area contributed by atoms with Gasteiger partial charge in [-0.05, 0) is 36.4 Å². The third-order valence-corrected chi connectivity index (χ3v) is 4.30. The first-order valence-electron chi connectivity index (χ1n) is 9.25. The lowest BCUT2D eigenvalue weighted by atomic mass is 10.2. The normalized spacial score (nSPS) is 10.4. The molecule has 1 heterocycles. The van der Waals surface area contributed by atoms with Crippen LogP contribution in [0, 0.1) is 0 Å². The van der Waals surface area contributed by atoms with Crippen molar-refractivity contribution in [2.24, 2.45) is 0 Å². The number of hydrogen-bond acceptors (Lipinski definition) is 4. The summed E-state index contributed by atoms with van der Waals surface area (Å²) >= 11 is 0. The van der Waals surface area contributed by atoms with Crippen molar-refractivity contribution in [1.82, 2.24) is 14.9 Å². The summed E-state index contributed by atoms with van der Waals surface area (Å²) in [7, 11) is 0. The van der Waals surface area contributed by atoms with Crippen LogP contribution in [-0.4, -0.2) is 28.0 Å². The predicted molar refractivity (Wildman–Crippen MR) is 116 cm³/mol. The number of H-pyrrole nitrogens is 1. The second-order valence-corrected chi connectivity index (χ2v) is 6.43. The lowest BCUT2D eigenvalue weighted by Crippen LogP contribution is -2.31. The Morgan fingerprint density at radius 2 is 1.67 bits per heavy atom. The van der Waals surface area contributed by atoms with E-state index in [9.17, 15) is 19.2 Å². The maximum Gasteiger partial charge on any atom is 0.328 e. The summed E-state index contributed by atoms with van der Waals surface area (Å²) in [6, 6.07) is 13.0. The van der Waals surface area contributed by atoms with Crippen LogP contribution >= 0.6 is 0 Å². The van der Waals surface area contributed by atoms with E-state index in [0.717, 1.165) is 0 Å². The second kappa shape index (κ2) is 9.37. The molecule has 0 atom stereocenters. The molecule has 4 N–H and O–H groups in total. The Hall–Kier alpha value is -4.14. The Bertz CT molecular complexity index is 1190. The van der Waals surface area contributed by atoms with Crippen molar-refractivity contribution in [3.05, 3.63) is 82.0 Å². The highest BCUT2D eigenvalue weighted by Gasteiger charge is 2.09. The van der Waals surface area contributed by atoms with Crippen LogP contribution in [0.4, 0.5) is 16.2 Å². The van der Waals surface area contributed by atoms with Gasteiger partial charge in [-0.2, -0.15) is 0 Å². The van der Waals surface area contributed by atoms with Crippen molar-refractivity contribution in [1.29, 1.82) is 0 Å². The molecule has 0 bridgehead atoms. The second-order valence-electron chi connectivity index (χ2n) is 6.43.